The van der Waals surface area contributed by atoms with Crippen molar-refractivity contribution in [3.05, 3.63) is 0 Å². The normalized spacial score (nSPS) is 27.3. The summed E-state index contributed by atoms with van der Waals surface area (Å²) in [7, 11) is 0. The molecule has 0 aromatic rings. The molecule has 0 aromatic carbocycles. The molecule has 0 aromatic heterocycles. The van der Waals surface area contributed by atoms with Gasteiger partial charge in [0.15, 0.2) is 0 Å². The first-order valence-corrected chi connectivity index (χ1v) is 7.76. The molecule has 1 aliphatic heterocycles. The molecular weight excluding hydrogens is 260 g/mol. The number of rotatable bonds is 2. The molecule has 2 aliphatic rings. The average Bonchev–Trinajstić information content (AvgIpc) is 2.66. The summed E-state index contributed by atoms with van der Waals surface area (Å²) < 4.78 is 0. The number of halogens is 1. The summed E-state index contributed by atoms with van der Waals surface area (Å²) in [4.78, 5) is 14.8. The van der Waals surface area contributed by atoms with Crippen LogP contribution in [0.1, 0.15) is 64.7 Å². The van der Waals surface area contributed by atoms with E-state index in [1.807, 2.05) is 6.92 Å². The smallest absolute Gasteiger partial charge is 0.225 e. The van der Waals surface area contributed by atoms with E-state index < -0.39 is 0 Å². The minimum atomic E-state index is 0. The molecular formula is C15H29ClN2O. The maximum absolute atomic E-state index is 12.7. The molecule has 2 N–H and O–H groups in total. The summed E-state index contributed by atoms with van der Waals surface area (Å²) in [5.41, 5.74) is 6.06. The number of carbonyl (C=O) groups is 1. The maximum Gasteiger partial charge on any atom is 0.225 e. The van der Waals surface area contributed by atoms with Gasteiger partial charge in [-0.25, -0.2) is 0 Å². The van der Waals surface area contributed by atoms with Crippen molar-refractivity contribution in [2.45, 2.75) is 76.8 Å². The fourth-order valence-corrected chi connectivity index (χ4v) is 3.54. The van der Waals surface area contributed by atoms with E-state index in [2.05, 4.69) is 4.90 Å². The zero-order valence-electron chi connectivity index (χ0n) is 12.1. The highest BCUT2D eigenvalue weighted by Gasteiger charge is 2.33. The molecule has 0 spiro atoms. The lowest BCUT2D eigenvalue weighted by molar-refractivity contribution is -0.140. The van der Waals surface area contributed by atoms with Gasteiger partial charge in [-0.1, -0.05) is 25.7 Å². The first-order chi connectivity index (χ1) is 8.70. The van der Waals surface area contributed by atoms with Gasteiger partial charge in [0, 0.05) is 24.5 Å². The van der Waals surface area contributed by atoms with E-state index in [0.717, 1.165) is 32.2 Å². The summed E-state index contributed by atoms with van der Waals surface area (Å²) in [5.74, 6) is 0.686. The van der Waals surface area contributed by atoms with Gasteiger partial charge in [-0.15, -0.1) is 12.4 Å². The lowest BCUT2D eigenvalue weighted by atomic mass is 9.92. The van der Waals surface area contributed by atoms with Gasteiger partial charge in [-0.2, -0.15) is 0 Å². The maximum atomic E-state index is 12.7. The molecule has 0 bridgehead atoms. The minimum absolute atomic E-state index is 0. The summed E-state index contributed by atoms with van der Waals surface area (Å²) in [6.07, 6.45) is 10.7. The largest absolute Gasteiger partial charge is 0.338 e. The van der Waals surface area contributed by atoms with Crippen LogP contribution in [0.2, 0.25) is 0 Å². The van der Waals surface area contributed by atoms with Crippen LogP contribution in [0.4, 0.5) is 0 Å². The first-order valence-electron chi connectivity index (χ1n) is 7.76. The van der Waals surface area contributed by atoms with Crippen LogP contribution in [-0.4, -0.2) is 29.4 Å². The highest BCUT2D eigenvalue weighted by Crippen LogP contribution is 2.28. The number of nitrogens with two attached hydrogens (primary N) is 1. The van der Waals surface area contributed by atoms with Gasteiger partial charge in [0.2, 0.25) is 5.91 Å². The lowest BCUT2D eigenvalue weighted by Gasteiger charge is -2.39. The zero-order chi connectivity index (χ0) is 13.0. The predicted molar refractivity (Wildman–Crippen MR) is 81.4 cm³/mol. The zero-order valence-corrected chi connectivity index (χ0v) is 13.0. The van der Waals surface area contributed by atoms with Crippen molar-refractivity contribution in [1.82, 2.24) is 4.90 Å². The molecule has 2 fully saturated rings. The van der Waals surface area contributed by atoms with E-state index in [9.17, 15) is 4.79 Å². The Bertz CT molecular complexity index is 275. The average molecular weight is 289 g/mol. The molecule has 19 heavy (non-hydrogen) atoms. The van der Waals surface area contributed by atoms with Gasteiger partial charge in [-0.05, 0) is 39.0 Å². The highest BCUT2D eigenvalue weighted by molar-refractivity contribution is 5.85. The monoisotopic (exact) mass is 288 g/mol. The quantitative estimate of drug-likeness (QED) is 0.794. The van der Waals surface area contributed by atoms with Gasteiger partial charge in [0.1, 0.15) is 0 Å². The number of nitrogens with zero attached hydrogens (tertiary/aromatic N) is 1. The van der Waals surface area contributed by atoms with E-state index in [0.29, 0.717) is 5.91 Å². The van der Waals surface area contributed by atoms with Crippen molar-refractivity contribution in [2.75, 3.05) is 6.54 Å². The number of hydrogen-bond acceptors (Lipinski definition) is 2. The van der Waals surface area contributed by atoms with E-state index in [1.165, 1.54) is 32.1 Å². The van der Waals surface area contributed by atoms with Crippen molar-refractivity contribution >= 4 is 18.3 Å². The number of carbonyl (C=O) groups excluding carboxylic acids is 1. The Morgan fingerprint density at radius 3 is 2.21 bits per heavy atom. The minimum Gasteiger partial charge on any atom is -0.338 e. The van der Waals surface area contributed by atoms with Crippen molar-refractivity contribution < 1.29 is 4.79 Å². The summed E-state index contributed by atoms with van der Waals surface area (Å²) in [5, 5.41) is 0. The van der Waals surface area contributed by atoms with E-state index in [-0.39, 0.29) is 30.4 Å². The number of piperidine rings is 1. The van der Waals surface area contributed by atoms with Crippen molar-refractivity contribution in [3.8, 4) is 0 Å². The van der Waals surface area contributed by atoms with Crippen molar-refractivity contribution in [3.63, 3.8) is 0 Å². The summed E-state index contributed by atoms with van der Waals surface area (Å²) >= 11 is 0. The Morgan fingerprint density at radius 2 is 1.63 bits per heavy atom. The third kappa shape index (κ3) is 4.35. The van der Waals surface area contributed by atoms with E-state index >= 15 is 0 Å². The molecule has 3 nitrogen and oxygen atoms in total. The summed E-state index contributed by atoms with van der Waals surface area (Å²) in [6, 6.07) is 0.398. The van der Waals surface area contributed by atoms with Gasteiger partial charge < -0.3 is 10.6 Å². The van der Waals surface area contributed by atoms with E-state index in [4.69, 9.17) is 5.73 Å². The number of likely N-dealkylation sites (tertiary alicyclic amines) is 1. The fourth-order valence-electron chi connectivity index (χ4n) is 3.54. The second-order valence-electron chi connectivity index (χ2n) is 6.14. The molecule has 2 unspecified atom stereocenters. The Labute approximate surface area is 123 Å². The third-order valence-corrected chi connectivity index (χ3v) is 4.64. The van der Waals surface area contributed by atoms with Crippen LogP contribution in [0.5, 0.6) is 0 Å². The molecule has 2 rings (SSSR count). The van der Waals surface area contributed by atoms with Crippen LogP contribution in [-0.2, 0) is 4.79 Å². The van der Waals surface area contributed by atoms with Crippen LogP contribution in [0.3, 0.4) is 0 Å². The Balaban J connectivity index is 0.00000180. The second-order valence-corrected chi connectivity index (χ2v) is 6.14. The topological polar surface area (TPSA) is 46.3 Å². The Morgan fingerprint density at radius 1 is 1.05 bits per heavy atom. The fraction of sp³-hybridized carbons (Fsp3) is 0.933. The van der Waals surface area contributed by atoms with Crippen molar-refractivity contribution in [1.29, 1.82) is 0 Å². The van der Waals surface area contributed by atoms with Crippen LogP contribution < -0.4 is 5.73 Å². The molecule has 1 amide bonds. The first kappa shape index (κ1) is 16.8. The van der Waals surface area contributed by atoms with Gasteiger partial charge in [0.25, 0.3) is 0 Å². The molecule has 1 saturated carbocycles. The molecule has 4 heteroatoms. The molecule has 2 atom stereocenters. The van der Waals surface area contributed by atoms with Gasteiger partial charge in [0.05, 0.1) is 0 Å². The van der Waals surface area contributed by atoms with Gasteiger partial charge in [-0.3, -0.25) is 4.79 Å². The highest BCUT2D eigenvalue weighted by atomic mass is 35.5. The molecule has 112 valence electrons. The van der Waals surface area contributed by atoms with Gasteiger partial charge >= 0.3 is 0 Å². The van der Waals surface area contributed by atoms with E-state index in [1.54, 1.807) is 0 Å². The Hall–Kier alpha value is -0.280. The second kappa shape index (κ2) is 8.11. The van der Waals surface area contributed by atoms with Crippen LogP contribution >= 0.6 is 12.4 Å². The third-order valence-electron chi connectivity index (χ3n) is 4.64. The molecule has 1 saturated heterocycles. The van der Waals surface area contributed by atoms with Crippen molar-refractivity contribution in [2.24, 2.45) is 11.7 Å². The van der Waals surface area contributed by atoms with Crippen LogP contribution in [0.25, 0.3) is 0 Å². The molecule has 1 heterocycles. The molecule has 0 radical (unpaired) electrons. The van der Waals surface area contributed by atoms with Crippen LogP contribution in [0, 0.1) is 5.92 Å². The molecule has 1 aliphatic carbocycles. The predicted octanol–water partition coefficient (Wildman–Crippen LogP) is 3.11. The lowest BCUT2D eigenvalue weighted by Crippen LogP contribution is -2.53. The van der Waals surface area contributed by atoms with Crippen LogP contribution in [0.15, 0.2) is 0 Å². The Kier molecular flexibility index (Phi) is 7.16. The number of amides is 1. The standard InChI is InChI=1S/C15H28N2O.ClH/c1-12(16)14-10-6-7-11-17(14)15(18)13-8-4-2-3-5-9-13;/h12-14H,2-11,16H2,1H3;1H. The summed E-state index contributed by atoms with van der Waals surface area (Å²) in [6.45, 7) is 2.98. The number of hydrogen-bond donors (Lipinski definition) is 1. The SMILES string of the molecule is CC(N)C1CCCCN1C(=O)C1CCCCCC1.Cl.